The number of ketones is 1. The molecular formula is C34H36N4O8. The Balaban J connectivity index is 1.17. The monoisotopic (exact) mass is 628 g/mol. The highest BCUT2D eigenvalue weighted by atomic mass is 16.6. The summed E-state index contributed by atoms with van der Waals surface area (Å²) >= 11 is 0. The fourth-order valence-corrected chi connectivity index (χ4v) is 5.08. The van der Waals surface area contributed by atoms with E-state index in [1.165, 1.54) is 4.90 Å². The second kappa shape index (κ2) is 14.7. The Kier molecular flexibility index (Phi) is 10.3. The van der Waals surface area contributed by atoms with Crippen LogP contribution in [0.2, 0.25) is 0 Å². The molecule has 0 aliphatic carbocycles. The number of rotatable bonds is 15. The van der Waals surface area contributed by atoms with Crippen LogP contribution < -0.4 is 21.1 Å². The molecule has 1 amide bonds. The molecule has 46 heavy (non-hydrogen) atoms. The summed E-state index contributed by atoms with van der Waals surface area (Å²) in [6.07, 6.45) is 1.59. The van der Waals surface area contributed by atoms with Crippen molar-refractivity contribution in [2.45, 2.75) is 57.3 Å². The van der Waals surface area contributed by atoms with Gasteiger partial charge in [-0.15, -0.1) is 0 Å². The predicted molar refractivity (Wildman–Crippen MR) is 168 cm³/mol. The Bertz CT molecular complexity index is 1680. The minimum Gasteiger partial charge on any atom is -0.490 e. The first kappa shape index (κ1) is 32.2. The lowest BCUT2D eigenvalue weighted by Gasteiger charge is -2.26. The number of H-pyrrole nitrogens is 1. The maximum atomic E-state index is 13.2. The number of hydrogen-bond donors (Lipinski definition) is 2. The average molecular weight is 629 g/mol. The number of nitrogens with zero attached hydrogens (tertiary/aromatic N) is 2. The average Bonchev–Trinajstić information content (AvgIpc) is 3.68. The molecule has 2 atom stereocenters. The van der Waals surface area contributed by atoms with Crippen LogP contribution in [-0.4, -0.2) is 52.8 Å². The summed E-state index contributed by atoms with van der Waals surface area (Å²) in [6.45, 7) is 2.45. The molecule has 2 unspecified atom stereocenters. The molecule has 0 radical (unpaired) electrons. The molecular weight excluding hydrogens is 592 g/mol. The molecule has 1 saturated heterocycles. The molecule has 1 fully saturated rings. The first-order valence-corrected chi connectivity index (χ1v) is 15.1. The number of carbonyl (C=O) groups is 3. The number of anilines is 1. The van der Waals surface area contributed by atoms with Crippen molar-refractivity contribution in [3.05, 3.63) is 101 Å². The van der Waals surface area contributed by atoms with Crippen LogP contribution in [0.4, 0.5) is 10.5 Å². The Morgan fingerprint density at radius 3 is 2.41 bits per heavy atom. The molecule has 1 aliphatic heterocycles. The third kappa shape index (κ3) is 7.88. The molecule has 1 aromatic heterocycles. The second-order valence-corrected chi connectivity index (χ2v) is 11.2. The number of carbonyl (C=O) groups excluding carboxylic acids is 3. The van der Waals surface area contributed by atoms with Gasteiger partial charge in [0.05, 0.1) is 6.54 Å². The number of amides is 1. The molecule has 0 bridgehead atoms. The first-order valence-electron chi connectivity index (χ1n) is 15.1. The Labute approximate surface area is 265 Å². The number of ether oxygens (including phenoxy) is 3. The standard InChI is InChI=1S/C34H36N4O8/c1-2-3-5-10-29(39)34(35,31(40)44-21-24-8-6-4-7-9-24)19-23-11-17-27(18-12-23)43-22-28-20-38(33(42)45-28)26-15-13-25(14-16-26)30-36-32(41)46-37-30/h4,6-9,11-18,28H,2-3,5,10,19-22,35H2,1H3,(H,36,37,41). The molecule has 1 aliphatic rings. The van der Waals surface area contributed by atoms with E-state index < -0.39 is 29.5 Å². The molecule has 240 valence electrons. The molecule has 12 nitrogen and oxygen atoms in total. The van der Waals surface area contributed by atoms with E-state index in [0.717, 1.165) is 18.4 Å². The van der Waals surface area contributed by atoms with E-state index in [1.54, 1.807) is 48.5 Å². The van der Waals surface area contributed by atoms with Gasteiger partial charge in [-0.2, -0.15) is 0 Å². The van der Waals surface area contributed by atoms with Crippen LogP contribution in [0, 0.1) is 0 Å². The maximum Gasteiger partial charge on any atom is 0.439 e. The minimum atomic E-state index is -1.82. The largest absolute Gasteiger partial charge is 0.490 e. The molecule has 5 rings (SSSR count). The van der Waals surface area contributed by atoms with Gasteiger partial charge in [0.15, 0.2) is 23.3 Å². The van der Waals surface area contributed by atoms with Gasteiger partial charge in [0, 0.05) is 24.1 Å². The number of Topliss-reactive ketones (excluding diaryl/α,β-unsaturated/α-hetero) is 1. The molecule has 12 heteroatoms. The van der Waals surface area contributed by atoms with Gasteiger partial charge in [-0.3, -0.25) is 19.2 Å². The molecule has 0 saturated carbocycles. The Morgan fingerprint density at radius 2 is 1.74 bits per heavy atom. The van der Waals surface area contributed by atoms with Gasteiger partial charge in [0.2, 0.25) is 0 Å². The zero-order valence-electron chi connectivity index (χ0n) is 25.5. The number of nitrogens with two attached hydrogens (primary N) is 1. The third-order valence-electron chi connectivity index (χ3n) is 7.69. The highest BCUT2D eigenvalue weighted by Gasteiger charge is 2.43. The van der Waals surface area contributed by atoms with E-state index >= 15 is 0 Å². The van der Waals surface area contributed by atoms with Gasteiger partial charge in [0.25, 0.3) is 0 Å². The SMILES string of the molecule is CCCCCC(=O)C(N)(Cc1ccc(OCC2CN(c3ccc(-c4noc(=O)[nH]4)cc3)C(=O)O2)cc1)C(=O)OCc1ccccc1. The highest BCUT2D eigenvalue weighted by molar-refractivity contribution is 6.08. The quantitative estimate of drug-likeness (QED) is 0.108. The van der Waals surface area contributed by atoms with Crippen molar-refractivity contribution < 1.29 is 33.1 Å². The van der Waals surface area contributed by atoms with Gasteiger partial charge in [-0.25, -0.2) is 14.4 Å². The fraction of sp³-hybridized carbons (Fsp3) is 0.324. The summed E-state index contributed by atoms with van der Waals surface area (Å²) in [5.41, 5.74) is 7.42. The number of cyclic esters (lactones) is 1. The summed E-state index contributed by atoms with van der Waals surface area (Å²) in [7, 11) is 0. The minimum absolute atomic E-state index is 0.0208. The summed E-state index contributed by atoms with van der Waals surface area (Å²) in [5.74, 6) is -0.952. The van der Waals surface area contributed by atoms with Gasteiger partial charge in [-0.05, 0) is 53.9 Å². The molecule has 3 aromatic carbocycles. The Morgan fingerprint density at radius 1 is 1.00 bits per heavy atom. The fourth-order valence-electron chi connectivity index (χ4n) is 5.08. The molecule has 0 spiro atoms. The van der Waals surface area contributed by atoms with Crippen LogP contribution in [-0.2, 0) is 32.1 Å². The topological polar surface area (TPSA) is 167 Å². The summed E-state index contributed by atoms with van der Waals surface area (Å²) in [4.78, 5) is 54.2. The van der Waals surface area contributed by atoms with Crippen molar-refractivity contribution in [2.24, 2.45) is 5.73 Å². The van der Waals surface area contributed by atoms with Crippen molar-refractivity contribution in [1.29, 1.82) is 0 Å². The Hall–Kier alpha value is -5.23. The van der Waals surface area contributed by atoms with Crippen molar-refractivity contribution in [2.75, 3.05) is 18.1 Å². The molecule has 3 N–H and O–H groups in total. The van der Waals surface area contributed by atoms with Crippen LogP contribution in [0.5, 0.6) is 5.75 Å². The van der Waals surface area contributed by atoms with E-state index in [2.05, 4.69) is 14.7 Å². The number of aromatic nitrogens is 2. The van der Waals surface area contributed by atoms with E-state index in [-0.39, 0.29) is 44.2 Å². The zero-order chi connectivity index (χ0) is 32.5. The van der Waals surface area contributed by atoms with E-state index in [1.807, 2.05) is 37.3 Å². The first-order chi connectivity index (χ1) is 22.2. The zero-order valence-corrected chi connectivity index (χ0v) is 25.5. The van der Waals surface area contributed by atoms with Gasteiger partial charge in [-0.1, -0.05) is 67.4 Å². The van der Waals surface area contributed by atoms with Crippen LogP contribution in [0.15, 0.2) is 88.2 Å². The van der Waals surface area contributed by atoms with Gasteiger partial charge < -0.3 is 19.9 Å². The van der Waals surface area contributed by atoms with Crippen molar-refractivity contribution in [3.8, 4) is 17.1 Å². The number of benzene rings is 3. The summed E-state index contributed by atoms with van der Waals surface area (Å²) < 4.78 is 21.4. The lowest BCUT2D eigenvalue weighted by atomic mass is 9.85. The molecule has 4 aromatic rings. The second-order valence-electron chi connectivity index (χ2n) is 11.2. The normalized spacial score (nSPS) is 15.7. The van der Waals surface area contributed by atoms with Gasteiger partial charge in [0.1, 0.15) is 19.0 Å². The highest BCUT2D eigenvalue weighted by Crippen LogP contribution is 2.26. The maximum absolute atomic E-state index is 13.2. The van der Waals surface area contributed by atoms with E-state index in [9.17, 15) is 19.2 Å². The smallest absolute Gasteiger partial charge is 0.439 e. The van der Waals surface area contributed by atoms with Crippen molar-refractivity contribution in [1.82, 2.24) is 10.1 Å². The van der Waals surface area contributed by atoms with Crippen molar-refractivity contribution >= 4 is 23.5 Å². The summed E-state index contributed by atoms with van der Waals surface area (Å²) in [6, 6.07) is 23.0. The molecule has 2 heterocycles. The van der Waals surface area contributed by atoms with Crippen LogP contribution >= 0.6 is 0 Å². The lowest BCUT2D eigenvalue weighted by Crippen LogP contribution is -2.57. The predicted octanol–water partition coefficient (Wildman–Crippen LogP) is 4.57. The third-order valence-corrected chi connectivity index (χ3v) is 7.69. The van der Waals surface area contributed by atoms with Gasteiger partial charge >= 0.3 is 17.8 Å². The van der Waals surface area contributed by atoms with Crippen molar-refractivity contribution in [3.63, 3.8) is 0 Å². The van der Waals surface area contributed by atoms with Crippen LogP contribution in [0.25, 0.3) is 11.4 Å². The summed E-state index contributed by atoms with van der Waals surface area (Å²) in [5, 5.41) is 3.66. The lowest BCUT2D eigenvalue weighted by molar-refractivity contribution is -0.155. The number of hydrogen-bond acceptors (Lipinski definition) is 10. The van der Waals surface area contributed by atoms with E-state index in [4.69, 9.17) is 19.9 Å². The number of esters is 1. The van der Waals surface area contributed by atoms with E-state index in [0.29, 0.717) is 29.0 Å². The van der Waals surface area contributed by atoms with Crippen LogP contribution in [0.3, 0.4) is 0 Å². The number of nitrogens with one attached hydrogen (secondary N) is 1. The number of unbranched alkanes of at least 4 members (excludes halogenated alkanes) is 2. The number of aromatic amines is 1. The van der Waals surface area contributed by atoms with Crippen LogP contribution in [0.1, 0.15) is 43.7 Å².